The summed E-state index contributed by atoms with van der Waals surface area (Å²) >= 11 is 6.26. The van der Waals surface area contributed by atoms with Crippen molar-refractivity contribution in [3.05, 3.63) is 105 Å². The Bertz CT molecular complexity index is 1390. The number of amides is 1. The van der Waals surface area contributed by atoms with Crippen molar-refractivity contribution >= 4 is 28.4 Å². The SMILES string of the molecule is CCCN(C(=O)c1ccc(F)cc1)C(CC)c1nc2ccccc2c(=O)n1-c1cccc(Cl)c1. The Morgan fingerprint density at radius 2 is 1.79 bits per heavy atom. The minimum absolute atomic E-state index is 0.230. The van der Waals surface area contributed by atoms with Gasteiger partial charge in [-0.25, -0.2) is 9.37 Å². The fourth-order valence-corrected chi connectivity index (χ4v) is 4.36. The van der Waals surface area contributed by atoms with E-state index in [9.17, 15) is 14.0 Å². The monoisotopic (exact) mass is 477 g/mol. The van der Waals surface area contributed by atoms with Crippen LogP contribution in [-0.4, -0.2) is 26.9 Å². The van der Waals surface area contributed by atoms with Crippen molar-refractivity contribution in [2.75, 3.05) is 6.54 Å². The van der Waals surface area contributed by atoms with E-state index in [0.717, 1.165) is 0 Å². The van der Waals surface area contributed by atoms with Gasteiger partial charge >= 0.3 is 0 Å². The molecule has 4 rings (SSSR count). The Balaban J connectivity index is 1.94. The van der Waals surface area contributed by atoms with E-state index in [-0.39, 0.29) is 11.5 Å². The molecule has 0 aliphatic rings. The minimum Gasteiger partial charge on any atom is -0.328 e. The maximum atomic E-state index is 13.7. The van der Waals surface area contributed by atoms with Crippen LogP contribution in [0.4, 0.5) is 4.39 Å². The van der Waals surface area contributed by atoms with Crippen molar-refractivity contribution in [2.24, 2.45) is 0 Å². The molecule has 1 unspecified atom stereocenters. The number of carbonyl (C=O) groups excluding carboxylic acids is 1. The summed E-state index contributed by atoms with van der Waals surface area (Å²) in [5.41, 5.74) is 1.29. The summed E-state index contributed by atoms with van der Waals surface area (Å²) in [6.07, 6.45) is 1.23. The third-order valence-corrected chi connectivity index (χ3v) is 5.98. The number of para-hydroxylation sites is 1. The van der Waals surface area contributed by atoms with Crippen molar-refractivity contribution in [3.63, 3.8) is 0 Å². The summed E-state index contributed by atoms with van der Waals surface area (Å²) in [4.78, 5) is 33.8. The zero-order valence-corrected chi connectivity index (χ0v) is 19.8. The molecule has 34 heavy (non-hydrogen) atoms. The quantitative estimate of drug-likeness (QED) is 0.319. The molecule has 0 aliphatic heterocycles. The lowest BCUT2D eigenvalue weighted by Crippen LogP contribution is -2.39. The van der Waals surface area contributed by atoms with Crippen LogP contribution >= 0.6 is 11.6 Å². The van der Waals surface area contributed by atoms with Crippen LogP contribution in [0, 0.1) is 5.82 Å². The fraction of sp³-hybridized carbons (Fsp3) is 0.222. The van der Waals surface area contributed by atoms with E-state index in [1.165, 1.54) is 24.3 Å². The van der Waals surface area contributed by atoms with Crippen LogP contribution in [0.15, 0.2) is 77.6 Å². The molecule has 1 amide bonds. The average molecular weight is 478 g/mol. The van der Waals surface area contributed by atoms with Crippen LogP contribution in [0.1, 0.15) is 48.9 Å². The molecule has 0 saturated heterocycles. The van der Waals surface area contributed by atoms with E-state index in [0.29, 0.717) is 52.4 Å². The highest BCUT2D eigenvalue weighted by atomic mass is 35.5. The summed E-state index contributed by atoms with van der Waals surface area (Å²) in [5, 5.41) is 0.970. The van der Waals surface area contributed by atoms with Gasteiger partial charge in [0.2, 0.25) is 0 Å². The van der Waals surface area contributed by atoms with Gasteiger partial charge in [-0.15, -0.1) is 0 Å². The molecular formula is C27H25ClFN3O2. The summed E-state index contributed by atoms with van der Waals surface area (Å²) in [7, 11) is 0. The standard InChI is InChI=1S/C27H25ClFN3O2/c1-3-16-31(26(33)18-12-14-20(29)15-13-18)24(4-2)25-30-23-11-6-5-10-22(23)27(34)32(25)21-9-7-8-19(28)17-21/h5-15,17,24H,3-4,16H2,1-2H3. The Labute approximate surface area is 202 Å². The zero-order chi connectivity index (χ0) is 24.2. The lowest BCUT2D eigenvalue weighted by atomic mass is 10.1. The summed E-state index contributed by atoms with van der Waals surface area (Å²) < 4.78 is 15.0. The number of hydrogen-bond donors (Lipinski definition) is 0. The minimum atomic E-state index is -0.492. The van der Waals surface area contributed by atoms with Crippen LogP contribution in [0.3, 0.4) is 0 Å². The van der Waals surface area contributed by atoms with Gasteiger partial charge in [-0.05, 0) is 67.4 Å². The van der Waals surface area contributed by atoms with E-state index >= 15 is 0 Å². The highest BCUT2D eigenvalue weighted by molar-refractivity contribution is 6.30. The second kappa shape index (κ2) is 10.2. The predicted octanol–water partition coefficient (Wildman–Crippen LogP) is 6.18. The van der Waals surface area contributed by atoms with Crippen LogP contribution in [0.25, 0.3) is 16.6 Å². The molecule has 0 aliphatic carbocycles. The number of halogens is 2. The van der Waals surface area contributed by atoms with Crippen molar-refractivity contribution in [3.8, 4) is 5.69 Å². The van der Waals surface area contributed by atoms with E-state index in [4.69, 9.17) is 16.6 Å². The first-order valence-electron chi connectivity index (χ1n) is 11.3. The van der Waals surface area contributed by atoms with Crippen LogP contribution in [0.5, 0.6) is 0 Å². The van der Waals surface area contributed by atoms with E-state index in [1.54, 1.807) is 51.9 Å². The fourth-order valence-electron chi connectivity index (χ4n) is 4.18. The van der Waals surface area contributed by atoms with Gasteiger partial charge in [-0.3, -0.25) is 14.2 Å². The maximum absolute atomic E-state index is 13.7. The van der Waals surface area contributed by atoms with Gasteiger partial charge < -0.3 is 4.90 Å². The van der Waals surface area contributed by atoms with Gasteiger partial charge in [0.05, 0.1) is 22.6 Å². The van der Waals surface area contributed by atoms with Crippen molar-refractivity contribution in [1.29, 1.82) is 0 Å². The Morgan fingerprint density at radius 1 is 1.06 bits per heavy atom. The van der Waals surface area contributed by atoms with Gasteiger partial charge in [0, 0.05) is 17.1 Å². The van der Waals surface area contributed by atoms with Gasteiger partial charge in [0.25, 0.3) is 11.5 Å². The lowest BCUT2D eigenvalue weighted by molar-refractivity contribution is 0.0659. The van der Waals surface area contributed by atoms with E-state index in [1.807, 2.05) is 19.9 Å². The Morgan fingerprint density at radius 3 is 2.47 bits per heavy atom. The first-order chi connectivity index (χ1) is 16.4. The van der Waals surface area contributed by atoms with Crippen molar-refractivity contribution in [1.82, 2.24) is 14.5 Å². The van der Waals surface area contributed by atoms with Gasteiger partial charge in [0.15, 0.2) is 0 Å². The molecule has 0 radical (unpaired) electrons. The molecule has 7 heteroatoms. The highest BCUT2D eigenvalue weighted by Crippen LogP contribution is 2.28. The number of benzene rings is 3. The van der Waals surface area contributed by atoms with Crippen LogP contribution in [-0.2, 0) is 0 Å². The van der Waals surface area contributed by atoms with Gasteiger partial charge in [-0.1, -0.05) is 43.6 Å². The number of hydrogen-bond acceptors (Lipinski definition) is 3. The van der Waals surface area contributed by atoms with E-state index < -0.39 is 11.9 Å². The average Bonchev–Trinajstić information content (AvgIpc) is 2.84. The highest BCUT2D eigenvalue weighted by Gasteiger charge is 2.29. The second-order valence-electron chi connectivity index (χ2n) is 8.04. The number of carbonyl (C=O) groups is 1. The molecule has 0 spiro atoms. The number of rotatable bonds is 7. The summed E-state index contributed by atoms with van der Waals surface area (Å²) in [5.74, 6) is -0.192. The van der Waals surface area contributed by atoms with Crippen LogP contribution in [0.2, 0.25) is 5.02 Å². The Hall–Kier alpha value is -3.51. The number of nitrogens with zero attached hydrogens (tertiary/aromatic N) is 3. The molecule has 174 valence electrons. The number of fused-ring (bicyclic) bond motifs is 1. The smallest absolute Gasteiger partial charge is 0.266 e. The summed E-state index contributed by atoms with van der Waals surface area (Å²) in [6.45, 7) is 4.39. The Kier molecular flexibility index (Phi) is 7.08. The molecule has 4 aromatic rings. The molecule has 0 N–H and O–H groups in total. The third-order valence-electron chi connectivity index (χ3n) is 5.75. The normalized spacial score (nSPS) is 12.0. The zero-order valence-electron chi connectivity index (χ0n) is 19.0. The third kappa shape index (κ3) is 4.59. The van der Waals surface area contributed by atoms with Gasteiger partial charge in [-0.2, -0.15) is 0 Å². The molecule has 1 atom stereocenters. The molecule has 0 saturated carbocycles. The van der Waals surface area contributed by atoms with Crippen LogP contribution < -0.4 is 5.56 Å². The first-order valence-corrected chi connectivity index (χ1v) is 11.7. The molecule has 1 aromatic heterocycles. The molecule has 1 heterocycles. The second-order valence-corrected chi connectivity index (χ2v) is 8.47. The van der Waals surface area contributed by atoms with Gasteiger partial charge in [0.1, 0.15) is 11.6 Å². The number of aromatic nitrogens is 2. The summed E-state index contributed by atoms with van der Waals surface area (Å²) in [6, 6.07) is 19.2. The lowest BCUT2D eigenvalue weighted by Gasteiger charge is -2.32. The first kappa shape index (κ1) is 23.6. The topological polar surface area (TPSA) is 55.2 Å². The molecular weight excluding hydrogens is 453 g/mol. The largest absolute Gasteiger partial charge is 0.328 e. The molecule has 5 nitrogen and oxygen atoms in total. The van der Waals surface area contributed by atoms with Crippen molar-refractivity contribution < 1.29 is 9.18 Å². The van der Waals surface area contributed by atoms with E-state index in [2.05, 4.69) is 0 Å². The molecule has 0 bridgehead atoms. The maximum Gasteiger partial charge on any atom is 0.266 e. The molecule has 0 fully saturated rings. The molecule has 3 aromatic carbocycles. The predicted molar refractivity (Wildman–Crippen MR) is 133 cm³/mol. The van der Waals surface area contributed by atoms with Crippen molar-refractivity contribution in [2.45, 2.75) is 32.7 Å².